The number of nitrogens with zero attached hydrogens (tertiary/aromatic N) is 2. The second-order valence-corrected chi connectivity index (χ2v) is 6.24. The average molecular weight is 311 g/mol. The van der Waals surface area contributed by atoms with Gasteiger partial charge in [-0.2, -0.15) is 0 Å². The molecule has 0 bridgehead atoms. The molecular formula is C15H19ClN2O3. The standard InChI is InChI=1S/C15H19ClN2O3/c1-15(2)8-3-9-18(15)14(21)17(10-13(19)20)12-6-4-11(16)5-7-12/h4-7H,3,8-10H2,1-2H3,(H,19,20). The number of carboxylic acids is 1. The molecular weight excluding hydrogens is 292 g/mol. The minimum Gasteiger partial charge on any atom is -0.480 e. The maximum absolute atomic E-state index is 12.7. The zero-order chi connectivity index (χ0) is 15.6. The van der Waals surface area contributed by atoms with E-state index in [2.05, 4.69) is 0 Å². The number of carbonyl (C=O) groups is 2. The fourth-order valence-electron chi connectivity index (χ4n) is 2.63. The fraction of sp³-hybridized carbons (Fsp3) is 0.467. The number of hydrogen-bond acceptors (Lipinski definition) is 2. The fourth-order valence-corrected chi connectivity index (χ4v) is 2.76. The molecule has 21 heavy (non-hydrogen) atoms. The van der Waals surface area contributed by atoms with Crippen molar-refractivity contribution in [1.82, 2.24) is 4.90 Å². The molecule has 0 unspecified atom stereocenters. The Hall–Kier alpha value is -1.75. The molecule has 0 saturated carbocycles. The van der Waals surface area contributed by atoms with Crippen LogP contribution >= 0.6 is 11.6 Å². The van der Waals surface area contributed by atoms with Gasteiger partial charge in [0.15, 0.2) is 0 Å². The van der Waals surface area contributed by atoms with Crippen LogP contribution in [0, 0.1) is 0 Å². The van der Waals surface area contributed by atoms with Crippen molar-refractivity contribution in [2.45, 2.75) is 32.2 Å². The number of anilines is 1. The number of benzene rings is 1. The zero-order valence-corrected chi connectivity index (χ0v) is 12.9. The lowest BCUT2D eigenvalue weighted by atomic mass is 10.0. The smallest absolute Gasteiger partial charge is 0.325 e. The van der Waals surface area contributed by atoms with E-state index in [0.29, 0.717) is 17.3 Å². The highest BCUT2D eigenvalue weighted by Crippen LogP contribution is 2.30. The van der Waals surface area contributed by atoms with Crippen LogP contribution in [0.2, 0.25) is 5.02 Å². The van der Waals surface area contributed by atoms with E-state index in [0.717, 1.165) is 12.8 Å². The number of rotatable bonds is 3. The molecule has 0 atom stereocenters. The van der Waals surface area contributed by atoms with Crippen molar-refractivity contribution in [3.05, 3.63) is 29.3 Å². The highest BCUT2D eigenvalue weighted by molar-refractivity contribution is 6.30. The maximum atomic E-state index is 12.7. The quantitative estimate of drug-likeness (QED) is 0.932. The molecule has 1 aliphatic rings. The molecule has 1 saturated heterocycles. The Labute approximate surface area is 129 Å². The first-order valence-corrected chi connectivity index (χ1v) is 7.25. The molecule has 2 amide bonds. The molecule has 1 N–H and O–H groups in total. The Morgan fingerprint density at radius 1 is 1.33 bits per heavy atom. The minimum absolute atomic E-state index is 0.250. The summed E-state index contributed by atoms with van der Waals surface area (Å²) in [6.45, 7) is 4.28. The first kappa shape index (κ1) is 15.6. The largest absolute Gasteiger partial charge is 0.480 e. The molecule has 1 aromatic carbocycles. The number of amides is 2. The summed E-state index contributed by atoms with van der Waals surface area (Å²) in [5.74, 6) is -1.05. The first-order chi connectivity index (χ1) is 9.81. The van der Waals surface area contributed by atoms with Crippen LogP contribution in [0.3, 0.4) is 0 Å². The molecule has 1 aromatic rings. The van der Waals surface area contributed by atoms with Crippen LogP contribution in [-0.2, 0) is 4.79 Å². The maximum Gasteiger partial charge on any atom is 0.325 e. The molecule has 0 aromatic heterocycles. The third-order valence-electron chi connectivity index (χ3n) is 3.79. The summed E-state index contributed by atoms with van der Waals surface area (Å²) in [5.41, 5.74) is 0.287. The number of likely N-dealkylation sites (tertiary alicyclic amines) is 1. The highest BCUT2D eigenvalue weighted by Gasteiger charge is 2.38. The van der Waals surface area contributed by atoms with Gasteiger partial charge in [0.05, 0.1) is 0 Å². The van der Waals surface area contributed by atoms with Gasteiger partial charge in [0, 0.05) is 22.8 Å². The van der Waals surface area contributed by atoms with Crippen molar-refractivity contribution >= 4 is 29.3 Å². The number of carbonyl (C=O) groups excluding carboxylic acids is 1. The van der Waals surface area contributed by atoms with Crippen molar-refractivity contribution in [3.8, 4) is 0 Å². The lowest BCUT2D eigenvalue weighted by Crippen LogP contribution is -2.51. The summed E-state index contributed by atoms with van der Waals surface area (Å²) in [6, 6.07) is 6.34. The van der Waals surface area contributed by atoms with Gasteiger partial charge in [-0.3, -0.25) is 9.69 Å². The second-order valence-electron chi connectivity index (χ2n) is 5.81. The Kier molecular flexibility index (Phi) is 4.42. The van der Waals surface area contributed by atoms with Crippen molar-refractivity contribution < 1.29 is 14.7 Å². The third kappa shape index (κ3) is 3.47. The van der Waals surface area contributed by atoms with E-state index >= 15 is 0 Å². The summed E-state index contributed by atoms with van der Waals surface area (Å²) in [6.07, 6.45) is 1.85. The number of halogens is 1. The van der Waals surface area contributed by atoms with Crippen LogP contribution in [0.1, 0.15) is 26.7 Å². The number of aliphatic carboxylic acids is 1. The average Bonchev–Trinajstić information content (AvgIpc) is 2.76. The van der Waals surface area contributed by atoms with Gasteiger partial charge in [-0.1, -0.05) is 11.6 Å². The van der Waals surface area contributed by atoms with Crippen LogP contribution in [0.25, 0.3) is 0 Å². The summed E-state index contributed by atoms with van der Waals surface area (Å²) < 4.78 is 0. The van der Waals surface area contributed by atoms with Crippen LogP contribution in [0.5, 0.6) is 0 Å². The van der Waals surface area contributed by atoms with E-state index < -0.39 is 5.97 Å². The van der Waals surface area contributed by atoms with Gasteiger partial charge in [-0.15, -0.1) is 0 Å². The summed E-state index contributed by atoms with van der Waals surface area (Å²) >= 11 is 5.84. The molecule has 2 rings (SSSR count). The SMILES string of the molecule is CC1(C)CCCN1C(=O)N(CC(=O)O)c1ccc(Cl)cc1. The monoisotopic (exact) mass is 310 g/mol. The summed E-state index contributed by atoms with van der Waals surface area (Å²) in [5, 5.41) is 9.63. The number of carboxylic acid groups (broad SMARTS) is 1. The van der Waals surface area contributed by atoms with E-state index in [4.69, 9.17) is 16.7 Å². The van der Waals surface area contributed by atoms with E-state index in [9.17, 15) is 9.59 Å². The third-order valence-corrected chi connectivity index (χ3v) is 4.05. The molecule has 114 valence electrons. The van der Waals surface area contributed by atoms with Crippen molar-refractivity contribution in [2.24, 2.45) is 0 Å². The molecule has 0 aliphatic carbocycles. The first-order valence-electron chi connectivity index (χ1n) is 6.88. The summed E-state index contributed by atoms with van der Waals surface area (Å²) in [4.78, 5) is 26.9. The molecule has 0 spiro atoms. The second kappa shape index (κ2) is 5.93. The van der Waals surface area contributed by atoms with Gasteiger partial charge in [0.25, 0.3) is 0 Å². The van der Waals surface area contributed by atoms with E-state index in [1.54, 1.807) is 29.2 Å². The minimum atomic E-state index is -1.05. The Morgan fingerprint density at radius 3 is 2.43 bits per heavy atom. The predicted molar refractivity (Wildman–Crippen MR) is 81.8 cm³/mol. The molecule has 0 radical (unpaired) electrons. The van der Waals surface area contributed by atoms with Crippen molar-refractivity contribution in [3.63, 3.8) is 0 Å². The zero-order valence-electron chi connectivity index (χ0n) is 12.2. The lowest BCUT2D eigenvalue weighted by molar-refractivity contribution is -0.135. The van der Waals surface area contributed by atoms with Gasteiger partial charge in [-0.25, -0.2) is 4.79 Å². The highest BCUT2D eigenvalue weighted by atomic mass is 35.5. The lowest BCUT2D eigenvalue weighted by Gasteiger charge is -2.35. The summed E-state index contributed by atoms with van der Waals surface area (Å²) in [7, 11) is 0. The molecule has 5 nitrogen and oxygen atoms in total. The molecule has 1 aliphatic heterocycles. The van der Waals surface area contributed by atoms with E-state index in [1.165, 1.54) is 4.90 Å². The van der Waals surface area contributed by atoms with Crippen molar-refractivity contribution in [2.75, 3.05) is 18.0 Å². The normalized spacial score (nSPS) is 16.8. The van der Waals surface area contributed by atoms with E-state index in [1.807, 2.05) is 13.8 Å². The van der Waals surface area contributed by atoms with E-state index in [-0.39, 0.29) is 18.1 Å². The van der Waals surface area contributed by atoms with Crippen molar-refractivity contribution in [1.29, 1.82) is 0 Å². The van der Waals surface area contributed by atoms with Crippen LogP contribution in [-0.4, -0.2) is 40.6 Å². The van der Waals surface area contributed by atoms with Gasteiger partial charge in [0.1, 0.15) is 6.54 Å². The Morgan fingerprint density at radius 2 is 1.95 bits per heavy atom. The Balaban J connectivity index is 2.29. The van der Waals surface area contributed by atoms with Crippen LogP contribution in [0.4, 0.5) is 10.5 Å². The van der Waals surface area contributed by atoms with Crippen LogP contribution < -0.4 is 4.90 Å². The Bertz CT molecular complexity index is 542. The molecule has 6 heteroatoms. The topological polar surface area (TPSA) is 60.9 Å². The number of urea groups is 1. The van der Waals surface area contributed by atoms with Crippen LogP contribution in [0.15, 0.2) is 24.3 Å². The van der Waals surface area contributed by atoms with Gasteiger partial charge < -0.3 is 10.0 Å². The molecule has 1 heterocycles. The van der Waals surface area contributed by atoms with Gasteiger partial charge in [-0.05, 0) is 51.0 Å². The molecule has 1 fully saturated rings. The van der Waals surface area contributed by atoms with Gasteiger partial charge >= 0.3 is 12.0 Å². The predicted octanol–water partition coefficient (Wildman–Crippen LogP) is 3.23. The van der Waals surface area contributed by atoms with Gasteiger partial charge in [0.2, 0.25) is 0 Å². The number of hydrogen-bond donors (Lipinski definition) is 1.